The van der Waals surface area contributed by atoms with Crippen LogP contribution in [0.15, 0.2) is 29.1 Å². The van der Waals surface area contributed by atoms with E-state index in [1.807, 2.05) is 0 Å². The number of rotatable bonds is 4. The van der Waals surface area contributed by atoms with Crippen LogP contribution in [0.5, 0.6) is 5.75 Å². The van der Waals surface area contributed by atoms with Gasteiger partial charge in [-0.05, 0) is 37.1 Å². The number of fused-ring (bicyclic) bond motifs is 1. The first-order chi connectivity index (χ1) is 10.7. The van der Waals surface area contributed by atoms with Gasteiger partial charge in [-0.3, -0.25) is 9.59 Å². The lowest BCUT2D eigenvalue weighted by molar-refractivity contribution is 0.0856. The van der Waals surface area contributed by atoms with Gasteiger partial charge in [0.2, 0.25) is 0 Å². The number of carbonyl (C=O) groups is 1. The molecule has 1 aromatic heterocycles. The fourth-order valence-corrected chi connectivity index (χ4v) is 2.59. The summed E-state index contributed by atoms with van der Waals surface area (Å²) in [6, 6.07) is 6.88. The fraction of sp³-hybridized carbons (Fsp3) is 0.375. The number of aromatic nitrogens is 1. The van der Waals surface area contributed by atoms with Gasteiger partial charge in [0.15, 0.2) is 0 Å². The number of ether oxygens (including phenoxy) is 2. The summed E-state index contributed by atoms with van der Waals surface area (Å²) in [5.74, 6) is 0.284. The highest BCUT2D eigenvalue weighted by molar-refractivity contribution is 5.97. The Morgan fingerprint density at radius 1 is 1.45 bits per heavy atom. The number of carbonyl (C=O) groups excluding carboxylic acids is 1. The van der Waals surface area contributed by atoms with Crippen LogP contribution >= 0.6 is 0 Å². The Kier molecular flexibility index (Phi) is 4.11. The van der Waals surface area contributed by atoms with Crippen LogP contribution in [0, 0.1) is 0 Å². The van der Waals surface area contributed by atoms with Crippen LogP contribution in [0.2, 0.25) is 0 Å². The Labute approximate surface area is 127 Å². The smallest absolute Gasteiger partial charge is 0.261 e. The fourth-order valence-electron chi connectivity index (χ4n) is 2.59. The lowest BCUT2D eigenvalue weighted by Crippen LogP contribution is -2.34. The van der Waals surface area contributed by atoms with Crippen molar-refractivity contribution < 1.29 is 14.3 Å². The number of hydrogen-bond acceptors (Lipinski definition) is 4. The lowest BCUT2D eigenvalue weighted by Gasteiger charge is -2.11. The summed E-state index contributed by atoms with van der Waals surface area (Å²) in [6.07, 6.45) is 1.99. The SMILES string of the molecule is COc1ccc2[nH]c(=O)c(C(=O)NC[C@H]3CCCO3)cc2c1. The quantitative estimate of drug-likeness (QED) is 0.895. The van der Waals surface area contributed by atoms with E-state index in [1.54, 1.807) is 31.4 Å². The van der Waals surface area contributed by atoms with Crippen molar-refractivity contribution in [2.45, 2.75) is 18.9 Å². The summed E-state index contributed by atoms with van der Waals surface area (Å²) in [7, 11) is 1.57. The van der Waals surface area contributed by atoms with E-state index in [9.17, 15) is 9.59 Å². The number of amides is 1. The second-order valence-electron chi connectivity index (χ2n) is 5.31. The largest absolute Gasteiger partial charge is 0.497 e. The molecule has 0 bridgehead atoms. The lowest BCUT2D eigenvalue weighted by atomic mass is 10.1. The minimum absolute atomic E-state index is 0.0450. The molecule has 1 atom stereocenters. The van der Waals surface area contributed by atoms with Crippen LogP contribution in [0.25, 0.3) is 10.9 Å². The Morgan fingerprint density at radius 2 is 2.32 bits per heavy atom. The van der Waals surface area contributed by atoms with Crippen molar-refractivity contribution in [3.63, 3.8) is 0 Å². The van der Waals surface area contributed by atoms with Crippen LogP contribution in [0.1, 0.15) is 23.2 Å². The summed E-state index contributed by atoms with van der Waals surface area (Å²) in [6.45, 7) is 1.16. The van der Waals surface area contributed by atoms with Crippen molar-refractivity contribution in [2.24, 2.45) is 0 Å². The number of benzene rings is 1. The minimum Gasteiger partial charge on any atom is -0.497 e. The Balaban J connectivity index is 1.83. The summed E-state index contributed by atoms with van der Waals surface area (Å²) >= 11 is 0. The molecule has 0 aliphatic carbocycles. The van der Waals surface area contributed by atoms with Gasteiger partial charge in [0.05, 0.1) is 13.2 Å². The zero-order valence-corrected chi connectivity index (χ0v) is 12.3. The third kappa shape index (κ3) is 2.96. The molecule has 1 aliphatic heterocycles. The molecule has 0 unspecified atom stereocenters. The van der Waals surface area contributed by atoms with Crippen molar-refractivity contribution in [3.05, 3.63) is 40.2 Å². The molecule has 1 aromatic carbocycles. The first kappa shape index (κ1) is 14.6. The molecular formula is C16H18N2O4. The Morgan fingerprint density at radius 3 is 3.05 bits per heavy atom. The van der Waals surface area contributed by atoms with Gasteiger partial charge in [0.25, 0.3) is 11.5 Å². The maximum atomic E-state index is 12.2. The van der Waals surface area contributed by atoms with Crippen molar-refractivity contribution in [3.8, 4) is 5.75 Å². The number of methoxy groups -OCH3 is 1. The molecule has 2 heterocycles. The van der Waals surface area contributed by atoms with Gasteiger partial charge in [0, 0.05) is 24.1 Å². The maximum absolute atomic E-state index is 12.2. The van der Waals surface area contributed by atoms with Crippen LogP contribution < -0.4 is 15.6 Å². The number of pyridine rings is 1. The molecule has 3 rings (SSSR count). The van der Waals surface area contributed by atoms with Gasteiger partial charge in [-0.15, -0.1) is 0 Å². The number of H-pyrrole nitrogens is 1. The number of nitrogens with one attached hydrogen (secondary N) is 2. The van der Waals surface area contributed by atoms with E-state index in [0.29, 0.717) is 17.8 Å². The summed E-state index contributed by atoms with van der Waals surface area (Å²) in [5, 5.41) is 3.51. The monoisotopic (exact) mass is 302 g/mol. The number of hydrogen-bond donors (Lipinski definition) is 2. The molecule has 0 spiro atoms. The molecule has 116 valence electrons. The molecule has 1 amide bonds. The predicted octanol–water partition coefficient (Wildman–Crippen LogP) is 1.45. The van der Waals surface area contributed by atoms with Crippen LogP contribution in [-0.4, -0.2) is 37.3 Å². The first-order valence-electron chi connectivity index (χ1n) is 7.28. The first-order valence-corrected chi connectivity index (χ1v) is 7.28. The van der Waals surface area contributed by atoms with E-state index in [0.717, 1.165) is 24.8 Å². The molecular weight excluding hydrogens is 284 g/mol. The molecule has 0 saturated carbocycles. The normalized spacial score (nSPS) is 17.6. The van der Waals surface area contributed by atoms with E-state index in [1.165, 1.54) is 0 Å². The van der Waals surface area contributed by atoms with Gasteiger partial charge in [-0.2, -0.15) is 0 Å². The highest BCUT2D eigenvalue weighted by Crippen LogP contribution is 2.18. The van der Waals surface area contributed by atoms with Crippen LogP contribution in [0.3, 0.4) is 0 Å². The van der Waals surface area contributed by atoms with E-state index >= 15 is 0 Å². The second kappa shape index (κ2) is 6.19. The van der Waals surface area contributed by atoms with E-state index in [4.69, 9.17) is 9.47 Å². The van der Waals surface area contributed by atoms with Crippen LogP contribution in [-0.2, 0) is 4.74 Å². The molecule has 1 saturated heterocycles. The molecule has 2 aromatic rings. The average molecular weight is 302 g/mol. The third-order valence-electron chi connectivity index (χ3n) is 3.81. The molecule has 6 heteroatoms. The molecule has 0 radical (unpaired) electrons. The molecule has 2 N–H and O–H groups in total. The zero-order valence-electron chi connectivity index (χ0n) is 12.3. The van der Waals surface area contributed by atoms with Crippen molar-refractivity contribution >= 4 is 16.8 Å². The van der Waals surface area contributed by atoms with Crippen LogP contribution in [0.4, 0.5) is 0 Å². The van der Waals surface area contributed by atoms with Crippen molar-refractivity contribution in [1.29, 1.82) is 0 Å². The maximum Gasteiger partial charge on any atom is 0.261 e. The molecule has 22 heavy (non-hydrogen) atoms. The van der Waals surface area contributed by atoms with Gasteiger partial charge >= 0.3 is 0 Å². The summed E-state index contributed by atoms with van der Waals surface area (Å²) < 4.78 is 10.6. The topological polar surface area (TPSA) is 80.4 Å². The molecule has 6 nitrogen and oxygen atoms in total. The van der Waals surface area contributed by atoms with Gasteiger partial charge in [-0.1, -0.05) is 0 Å². The second-order valence-corrected chi connectivity index (χ2v) is 5.31. The van der Waals surface area contributed by atoms with Gasteiger partial charge < -0.3 is 19.8 Å². The highest BCUT2D eigenvalue weighted by Gasteiger charge is 2.18. The highest BCUT2D eigenvalue weighted by atomic mass is 16.5. The van der Waals surface area contributed by atoms with Crippen molar-refractivity contribution in [2.75, 3.05) is 20.3 Å². The summed E-state index contributed by atoms with van der Waals surface area (Å²) in [5.41, 5.74) is 0.364. The van der Waals surface area contributed by atoms with E-state index in [-0.39, 0.29) is 17.6 Å². The van der Waals surface area contributed by atoms with Crippen molar-refractivity contribution in [1.82, 2.24) is 10.3 Å². The average Bonchev–Trinajstić information content (AvgIpc) is 3.05. The standard InChI is InChI=1S/C16H18N2O4/c1-21-11-4-5-14-10(7-11)8-13(16(20)18-14)15(19)17-9-12-3-2-6-22-12/h4-5,7-8,12H,2-3,6,9H2,1H3,(H,17,19)(H,18,20)/t12-/m1/s1. The summed E-state index contributed by atoms with van der Waals surface area (Å²) in [4.78, 5) is 27.0. The third-order valence-corrected chi connectivity index (χ3v) is 3.81. The number of aromatic amines is 1. The molecule has 1 fully saturated rings. The zero-order chi connectivity index (χ0) is 15.5. The minimum atomic E-state index is -0.400. The Hall–Kier alpha value is -2.34. The van der Waals surface area contributed by atoms with E-state index < -0.39 is 5.56 Å². The van der Waals surface area contributed by atoms with Gasteiger partial charge in [-0.25, -0.2) is 0 Å². The Bertz CT molecular complexity index is 747. The predicted molar refractivity (Wildman–Crippen MR) is 82.4 cm³/mol. The van der Waals surface area contributed by atoms with E-state index in [2.05, 4.69) is 10.3 Å². The van der Waals surface area contributed by atoms with Gasteiger partial charge in [0.1, 0.15) is 11.3 Å². The molecule has 1 aliphatic rings.